The SMILES string of the molecule is CCc1cccc(CNC[C@@H](OC(=O)C(O)CCS(=O)(=O)c2ccccc2)[C@@H](N)Cc2cc(F)cc(F)c2)c1. The number of benzene rings is 3. The van der Waals surface area contributed by atoms with Gasteiger partial charge < -0.3 is 20.9 Å². The van der Waals surface area contributed by atoms with Gasteiger partial charge in [-0.15, -0.1) is 0 Å². The molecule has 0 aromatic heterocycles. The number of carbonyl (C=O) groups excluding carboxylic acids is 1. The van der Waals surface area contributed by atoms with Gasteiger partial charge in [0, 0.05) is 25.2 Å². The number of hydrogen-bond donors (Lipinski definition) is 3. The highest BCUT2D eigenvalue weighted by Gasteiger charge is 2.28. The summed E-state index contributed by atoms with van der Waals surface area (Å²) in [5.74, 6) is -3.00. The first-order valence-corrected chi connectivity index (χ1v) is 14.4. The summed E-state index contributed by atoms with van der Waals surface area (Å²) in [4.78, 5) is 12.8. The van der Waals surface area contributed by atoms with Crippen LogP contribution < -0.4 is 11.1 Å². The van der Waals surface area contributed by atoms with Gasteiger partial charge in [0.05, 0.1) is 10.6 Å². The van der Waals surface area contributed by atoms with Gasteiger partial charge in [-0.25, -0.2) is 22.0 Å². The van der Waals surface area contributed by atoms with Crippen molar-refractivity contribution in [1.82, 2.24) is 5.32 Å². The van der Waals surface area contributed by atoms with Crippen LogP contribution in [0.4, 0.5) is 8.78 Å². The van der Waals surface area contributed by atoms with Crippen LogP contribution in [0.15, 0.2) is 77.7 Å². The molecule has 10 heteroatoms. The minimum Gasteiger partial charge on any atom is -0.457 e. The van der Waals surface area contributed by atoms with Crippen molar-refractivity contribution >= 4 is 15.8 Å². The lowest BCUT2D eigenvalue weighted by Gasteiger charge is -2.26. The van der Waals surface area contributed by atoms with Crippen molar-refractivity contribution in [2.75, 3.05) is 12.3 Å². The van der Waals surface area contributed by atoms with Crippen LogP contribution in [-0.4, -0.2) is 50.0 Å². The standard InChI is InChI=1S/C29H34F2N2O5S/c1-2-20-7-6-8-21(13-20)18-33-19-28(26(32)16-22-14-23(30)17-24(31)15-22)38-29(35)27(34)11-12-39(36,37)25-9-4-3-5-10-25/h3-10,13-15,17,26-28,33-34H,2,11-12,16,18-19,32H2,1H3/t26-,27?,28+/m0/s1. The minimum atomic E-state index is -3.71. The highest BCUT2D eigenvalue weighted by molar-refractivity contribution is 7.91. The monoisotopic (exact) mass is 560 g/mol. The Labute approximate surface area is 227 Å². The molecule has 0 bridgehead atoms. The molecule has 0 saturated carbocycles. The fraction of sp³-hybridized carbons (Fsp3) is 0.345. The maximum Gasteiger partial charge on any atom is 0.335 e. The van der Waals surface area contributed by atoms with Crippen LogP contribution in [0.1, 0.15) is 30.0 Å². The van der Waals surface area contributed by atoms with Crippen LogP contribution in [0.2, 0.25) is 0 Å². The van der Waals surface area contributed by atoms with E-state index in [0.717, 1.165) is 35.7 Å². The fourth-order valence-electron chi connectivity index (χ4n) is 4.09. The zero-order valence-corrected chi connectivity index (χ0v) is 22.5. The third-order valence-corrected chi connectivity index (χ3v) is 8.01. The molecule has 0 aliphatic rings. The second kappa shape index (κ2) is 14.3. The maximum atomic E-state index is 13.7. The Hall–Kier alpha value is -3.18. The van der Waals surface area contributed by atoms with Crippen molar-refractivity contribution < 1.29 is 31.8 Å². The van der Waals surface area contributed by atoms with Crippen molar-refractivity contribution in [2.45, 2.75) is 55.9 Å². The molecular formula is C29H34F2N2O5S. The molecule has 3 rings (SSSR count). The van der Waals surface area contributed by atoms with E-state index < -0.39 is 51.4 Å². The number of hydrogen-bond acceptors (Lipinski definition) is 7. The summed E-state index contributed by atoms with van der Waals surface area (Å²) in [6.45, 7) is 2.59. The van der Waals surface area contributed by atoms with Gasteiger partial charge in [-0.1, -0.05) is 49.4 Å². The first kappa shape index (κ1) is 30.4. The molecule has 4 N–H and O–H groups in total. The normalized spacial score (nSPS) is 14.0. The molecule has 1 unspecified atom stereocenters. The van der Waals surface area contributed by atoms with Crippen LogP contribution >= 0.6 is 0 Å². The van der Waals surface area contributed by atoms with Crippen LogP contribution in [0.5, 0.6) is 0 Å². The second-order valence-electron chi connectivity index (χ2n) is 9.36. The van der Waals surface area contributed by atoms with E-state index in [1.165, 1.54) is 12.1 Å². The van der Waals surface area contributed by atoms with Gasteiger partial charge in [0.1, 0.15) is 17.7 Å². The minimum absolute atomic E-state index is 0.00188. The van der Waals surface area contributed by atoms with Crippen molar-refractivity contribution in [1.29, 1.82) is 0 Å². The molecule has 0 spiro atoms. The number of aryl methyl sites for hydroxylation is 1. The number of nitrogens with two attached hydrogens (primary N) is 1. The summed E-state index contributed by atoms with van der Waals surface area (Å²) in [5.41, 5.74) is 8.76. The summed E-state index contributed by atoms with van der Waals surface area (Å²) < 4.78 is 57.9. The number of esters is 1. The third-order valence-electron chi connectivity index (χ3n) is 6.25. The van der Waals surface area contributed by atoms with Gasteiger partial charge in [-0.2, -0.15) is 0 Å². The van der Waals surface area contributed by atoms with Gasteiger partial charge >= 0.3 is 5.97 Å². The average molecular weight is 561 g/mol. The molecule has 0 aliphatic carbocycles. The Bertz CT molecular complexity index is 1320. The summed E-state index contributed by atoms with van der Waals surface area (Å²) in [5, 5.41) is 13.6. The molecule has 3 aromatic rings. The number of sulfone groups is 1. The van der Waals surface area contributed by atoms with E-state index in [1.54, 1.807) is 18.2 Å². The number of carbonyl (C=O) groups is 1. The summed E-state index contributed by atoms with van der Waals surface area (Å²) in [7, 11) is -3.71. The number of aliphatic hydroxyl groups excluding tert-OH is 1. The largest absolute Gasteiger partial charge is 0.457 e. The molecule has 0 saturated heterocycles. The van der Waals surface area contributed by atoms with Gasteiger partial charge in [-0.05, 0) is 60.2 Å². The molecule has 0 radical (unpaired) electrons. The fourth-order valence-corrected chi connectivity index (χ4v) is 5.43. The Morgan fingerprint density at radius 1 is 0.974 bits per heavy atom. The number of aliphatic hydroxyl groups is 1. The van der Waals surface area contributed by atoms with Gasteiger partial charge in [0.15, 0.2) is 15.9 Å². The topological polar surface area (TPSA) is 119 Å². The zero-order chi connectivity index (χ0) is 28.4. The summed E-state index contributed by atoms with van der Waals surface area (Å²) >= 11 is 0. The van der Waals surface area contributed by atoms with E-state index in [1.807, 2.05) is 31.2 Å². The lowest BCUT2D eigenvalue weighted by Crippen LogP contribution is -2.47. The highest BCUT2D eigenvalue weighted by Crippen LogP contribution is 2.15. The molecule has 0 fully saturated rings. The zero-order valence-electron chi connectivity index (χ0n) is 21.7. The maximum absolute atomic E-state index is 13.7. The predicted molar refractivity (Wildman–Crippen MR) is 145 cm³/mol. The number of halogens is 2. The molecule has 0 heterocycles. The third kappa shape index (κ3) is 9.50. The van der Waals surface area contributed by atoms with Crippen LogP contribution in [0.25, 0.3) is 0 Å². The van der Waals surface area contributed by atoms with Crippen LogP contribution in [0, 0.1) is 11.6 Å². The molecule has 3 atom stereocenters. The van der Waals surface area contributed by atoms with E-state index in [4.69, 9.17) is 10.5 Å². The number of nitrogens with one attached hydrogen (secondary N) is 1. The first-order valence-electron chi connectivity index (χ1n) is 12.7. The molecule has 3 aromatic carbocycles. The van der Waals surface area contributed by atoms with E-state index in [9.17, 15) is 27.1 Å². The predicted octanol–water partition coefficient (Wildman–Crippen LogP) is 3.32. The highest BCUT2D eigenvalue weighted by atomic mass is 32.2. The van der Waals surface area contributed by atoms with Crippen LogP contribution in [0.3, 0.4) is 0 Å². The van der Waals surface area contributed by atoms with Crippen molar-refractivity contribution in [3.05, 3.63) is 101 Å². The Balaban J connectivity index is 1.66. The van der Waals surface area contributed by atoms with E-state index >= 15 is 0 Å². The van der Waals surface area contributed by atoms with Crippen molar-refractivity contribution in [2.24, 2.45) is 5.73 Å². The van der Waals surface area contributed by atoms with Crippen molar-refractivity contribution in [3.63, 3.8) is 0 Å². The van der Waals surface area contributed by atoms with Gasteiger partial charge in [0.2, 0.25) is 0 Å². The lowest BCUT2D eigenvalue weighted by atomic mass is 10.0. The number of ether oxygens (including phenoxy) is 1. The smallest absolute Gasteiger partial charge is 0.335 e. The molecule has 0 aliphatic heterocycles. The van der Waals surface area contributed by atoms with Gasteiger partial charge in [0.25, 0.3) is 0 Å². The molecule has 0 amide bonds. The molecule has 39 heavy (non-hydrogen) atoms. The summed E-state index contributed by atoms with van der Waals surface area (Å²) in [6, 6.07) is 17.8. The first-order chi connectivity index (χ1) is 18.6. The Kier molecular flexibility index (Phi) is 11.1. The average Bonchev–Trinajstić information content (AvgIpc) is 2.91. The molecule has 7 nitrogen and oxygen atoms in total. The van der Waals surface area contributed by atoms with E-state index in [-0.39, 0.29) is 29.8 Å². The Morgan fingerprint density at radius 2 is 1.64 bits per heavy atom. The quantitative estimate of drug-likeness (QED) is 0.259. The van der Waals surface area contributed by atoms with Crippen LogP contribution in [-0.2, 0) is 38.8 Å². The summed E-state index contributed by atoms with van der Waals surface area (Å²) in [6.07, 6.45) is -2.17. The van der Waals surface area contributed by atoms with E-state index in [0.29, 0.717) is 6.54 Å². The number of rotatable bonds is 14. The van der Waals surface area contributed by atoms with Gasteiger partial charge in [-0.3, -0.25) is 0 Å². The van der Waals surface area contributed by atoms with Crippen molar-refractivity contribution in [3.8, 4) is 0 Å². The molecule has 210 valence electrons. The lowest BCUT2D eigenvalue weighted by molar-refractivity contribution is -0.160. The second-order valence-corrected chi connectivity index (χ2v) is 11.5. The Morgan fingerprint density at radius 3 is 2.31 bits per heavy atom. The molecular weight excluding hydrogens is 526 g/mol. The van der Waals surface area contributed by atoms with E-state index in [2.05, 4.69) is 5.32 Å².